The van der Waals surface area contributed by atoms with Gasteiger partial charge in [-0.25, -0.2) is 4.98 Å². The molecule has 0 spiro atoms. The standard InChI is InChI=1S/C12H22N4O2S2/c1-2-13-8-11-4-3-6-16(10-11)20(17,18)15-9-12-14-5-7-19-12/h5,7,11,13,15H,2-4,6,8-10H2,1H3. The molecule has 0 aromatic carbocycles. The van der Waals surface area contributed by atoms with E-state index in [1.807, 2.05) is 5.38 Å². The Labute approximate surface area is 124 Å². The lowest BCUT2D eigenvalue weighted by Crippen LogP contribution is -2.47. The molecule has 8 heteroatoms. The van der Waals surface area contributed by atoms with Gasteiger partial charge in [0.05, 0.1) is 6.54 Å². The lowest BCUT2D eigenvalue weighted by molar-refractivity contribution is 0.258. The summed E-state index contributed by atoms with van der Waals surface area (Å²) in [5.41, 5.74) is 0. The smallest absolute Gasteiger partial charge is 0.279 e. The van der Waals surface area contributed by atoms with E-state index in [9.17, 15) is 8.42 Å². The molecule has 1 aliphatic rings. The highest BCUT2D eigenvalue weighted by Gasteiger charge is 2.28. The van der Waals surface area contributed by atoms with E-state index in [0.29, 0.717) is 19.0 Å². The van der Waals surface area contributed by atoms with Gasteiger partial charge in [0.25, 0.3) is 10.2 Å². The number of nitrogens with zero attached hydrogens (tertiary/aromatic N) is 2. The summed E-state index contributed by atoms with van der Waals surface area (Å²) in [6.07, 6.45) is 3.70. The van der Waals surface area contributed by atoms with E-state index in [1.54, 1.807) is 10.5 Å². The topological polar surface area (TPSA) is 74.3 Å². The maximum Gasteiger partial charge on any atom is 0.279 e. The quantitative estimate of drug-likeness (QED) is 0.780. The predicted molar refractivity (Wildman–Crippen MR) is 80.7 cm³/mol. The Morgan fingerprint density at radius 1 is 1.55 bits per heavy atom. The number of hydrogen-bond donors (Lipinski definition) is 2. The van der Waals surface area contributed by atoms with Gasteiger partial charge in [-0.15, -0.1) is 11.3 Å². The minimum Gasteiger partial charge on any atom is -0.317 e. The molecule has 1 unspecified atom stereocenters. The van der Waals surface area contributed by atoms with Crippen LogP contribution in [0.25, 0.3) is 0 Å². The van der Waals surface area contributed by atoms with Gasteiger partial charge in [-0.1, -0.05) is 6.92 Å². The van der Waals surface area contributed by atoms with Crippen molar-refractivity contribution in [3.05, 3.63) is 16.6 Å². The van der Waals surface area contributed by atoms with Gasteiger partial charge in [0.15, 0.2) is 0 Å². The summed E-state index contributed by atoms with van der Waals surface area (Å²) in [6, 6.07) is 0. The molecule has 20 heavy (non-hydrogen) atoms. The highest BCUT2D eigenvalue weighted by atomic mass is 32.2. The van der Waals surface area contributed by atoms with E-state index >= 15 is 0 Å². The van der Waals surface area contributed by atoms with E-state index in [1.165, 1.54) is 11.3 Å². The molecule has 0 amide bonds. The van der Waals surface area contributed by atoms with E-state index < -0.39 is 10.2 Å². The summed E-state index contributed by atoms with van der Waals surface area (Å²) >= 11 is 1.46. The molecule has 1 aromatic heterocycles. The lowest BCUT2D eigenvalue weighted by atomic mass is 10.00. The van der Waals surface area contributed by atoms with E-state index in [-0.39, 0.29) is 6.54 Å². The van der Waals surface area contributed by atoms with Crippen LogP contribution >= 0.6 is 11.3 Å². The van der Waals surface area contributed by atoms with Crippen LogP contribution in [0, 0.1) is 5.92 Å². The molecule has 0 bridgehead atoms. The van der Waals surface area contributed by atoms with Gasteiger partial charge in [-0.2, -0.15) is 17.4 Å². The van der Waals surface area contributed by atoms with Crippen molar-refractivity contribution in [1.82, 2.24) is 19.3 Å². The zero-order valence-electron chi connectivity index (χ0n) is 11.7. The first kappa shape index (κ1) is 15.8. The minimum atomic E-state index is -3.40. The Balaban J connectivity index is 1.87. The molecule has 0 aliphatic carbocycles. The van der Waals surface area contributed by atoms with Crippen LogP contribution in [-0.4, -0.2) is 43.9 Å². The van der Waals surface area contributed by atoms with Gasteiger partial charge < -0.3 is 5.32 Å². The summed E-state index contributed by atoms with van der Waals surface area (Å²) in [7, 11) is -3.40. The van der Waals surface area contributed by atoms with Crippen LogP contribution in [0.15, 0.2) is 11.6 Å². The van der Waals surface area contributed by atoms with Crippen molar-refractivity contribution in [2.75, 3.05) is 26.2 Å². The first-order valence-corrected chi connectivity index (χ1v) is 9.27. The molecule has 2 rings (SSSR count). The number of nitrogens with one attached hydrogen (secondary N) is 2. The summed E-state index contributed by atoms with van der Waals surface area (Å²) in [5.74, 6) is 0.403. The Morgan fingerprint density at radius 3 is 3.10 bits per heavy atom. The molecule has 1 aliphatic heterocycles. The van der Waals surface area contributed by atoms with Gasteiger partial charge in [0.2, 0.25) is 0 Å². The maximum absolute atomic E-state index is 12.3. The van der Waals surface area contributed by atoms with Crippen LogP contribution in [0.5, 0.6) is 0 Å². The van der Waals surface area contributed by atoms with Crippen LogP contribution in [-0.2, 0) is 16.8 Å². The van der Waals surface area contributed by atoms with Crippen LogP contribution < -0.4 is 10.0 Å². The number of piperidine rings is 1. The lowest BCUT2D eigenvalue weighted by Gasteiger charge is -2.31. The second-order valence-corrected chi connectivity index (χ2v) is 7.66. The molecule has 1 fully saturated rings. The molecule has 6 nitrogen and oxygen atoms in total. The summed E-state index contributed by atoms with van der Waals surface area (Å²) in [6.45, 7) is 5.35. The van der Waals surface area contributed by atoms with Gasteiger partial charge in [0, 0.05) is 24.7 Å². The van der Waals surface area contributed by atoms with Crippen molar-refractivity contribution >= 4 is 21.5 Å². The van der Waals surface area contributed by atoms with Crippen LogP contribution in [0.1, 0.15) is 24.8 Å². The third kappa shape index (κ3) is 4.49. The van der Waals surface area contributed by atoms with E-state index in [4.69, 9.17) is 0 Å². The molecule has 1 aromatic rings. The normalized spacial score (nSPS) is 21.1. The van der Waals surface area contributed by atoms with Crippen LogP contribution in [0.2, 0.25) is 0 Å². The largest absolute Gasteiger partial charge is 0.317 e. The Kier molecular flexibility index (Phi) is 5.91. The van der Waals surface area contributed by atoms with Crippen molar-refractivity contribution in [2.24, 2.45) is 5.92 Å². The molecule has 2 N–H and O–H groups in total. The van der Waals surface area contributed by atoms with Crippen molar-refractivity contribution in [3.8, 4) is 0 Å². The first-order chi connectivity index (χ1) is 9.62. The monoisotopic (exact) mass is 318 g/mol. The fourth-order valence-corrected chi connectivity index (χ4v) is 4.27. The Morgan fingerprint density at radius 2 is 2.40 bits per heavy atom. The molecular weight excluding hydrogens is 296 g/mol. The van der Waals surface area contributed by atoms with Gasteiger partial charge >= 0.3 is 0 Å². The molecule has 0 saturated carbocycles. The zero-order valence-corrected chi connectivity index (χ0v) is 13.3. The summed E-state index contributed by atoms with van der Waals surface area (Å²) < 4.78 is 28.7. The number of thiazole rings is 1. The van der Waals surface area contributed by atoms with Crippen LogP contribution in [0.3, 0.4) is 0 Å². The van der Waals surface area contributed by atoms with Crippen molar-refractivity contribution in [1.29, 1.82) is 0 Å². The van der Waals surface area contributed by atoms with Gasteiger partial charge in [-0.3, -0.25) is 0 Å². The number of aromatic nitrogens is 1. The highest BCUT2D eigenvalue weighted by Crippen LogP contribution is 2.18. The highest BCUT2D eigenvalue weighted by molar-refractivity contribution is 7.87. The number of hydrogen-bond acceptors (Lipinski definition) is 5. The molecule has 0 radical (unpaired) electrons. The molecule has 1 atom stereocenters. The molecular formula is C12H22N4O2S2. The number of rotatable bonds is 7. The van der Waals surface area contributed by atoms with Crippen LogP contribution in [0.4, 0.5) is 0 Å². The van der Waals surface area contributed by atoms with Crippen molar-refractivity contribution in [2.45, 2.75) is 26.3 Å². The first-order valence-electron chi connectivity index (χ1n) is 6.95. The summed E-state index contributed by atoms with van der Waals surface area (Å²) in [4.78, 5) is 4.08. The molecule has 2 heterocycles. The fraction of sp³-hybridized carbons (Fsp3) is 0.750. The van der Waals surface area contributed by atoms with E-state index in [0.717, 1.165) is 30.9 Å². The molecule has 1 saturated heterocycles. The Hall–Kier alpha value is -0.540. The maximum atomic E-state index is 12.3. The van der Waals surface area contributed by atoms with E-state index in [2.05, 4.69) is 21.9 Å². The minimum absolute atomic E-state index is 0.272. The van der Waals surface area contributed by atoms with Gasteiger partial charge in [0.1, 0.15) is 5.01 Å². The van der Waals surface area contributed by atoms with Gasteiger partial charge in [-0.05, 0) is 31.8 Å². The van der Waals surface area contributed by atoms with Crippen molar-refractivity contribution in [3.63, 3.8) is 0 Å². The average Bonchev–Trinajstić information content (AvgIpc) is 2.97. The SMILES string of the molecule is CCNCC1CCCN(S(=O)(=O)NCc2nccs2)C1. The summed E-state index contributed by atoms with van der Waals surface area (Å²) in [5, 5.41) is 5.93. The predicted octanol–water partition coefficient (Wildman–Crippen LogP) is 0.799. The third-order valence-corrected chi connectivity index (χ3v) is 5.69. The zero-order chi connectivity index (χ0) is 14.4. The third-order valence-electron chi connectivity index (χ3n) is 3.39. The van der Waals surface area contributed by atoms with Crippen molar-refractivity contribution < 1.29 is 8.42 Å². The second-order valence-electron chi connectivity index (χ2n) is 4.93. The fourth-order valence-electron chi connectivity index (χ4n) is 2.34. The second kappa shape index (κ2) is 7.46. The Bertz CT molecular complexity index is 490. The average molecular weight is 318 g/mol. The molecule has 114 valence electrons.